The van der Waals surface area contributed by atoms with Crippen molar-refractivity contribution in [3.05, 3.63) is 0 Å². The molecule has 2 rings (SSSR count). The molecule has 126 valence electrons. The molecule has 0 spiro atoms. The van der Waals surface area contributed by atoms with Gasteiger partial charge in [0, 0.05) is 39.6 Å². The molecular weight excluding hydrogens is 276 g/mol. The first-order chi connectivity index (χ1) is 10.5. The number of amides is 1. The summed E-state index contributed by atoms with van der Waals surface area (Å²) < 4.78 is 0. The summed E-state index contributed by atoms with van der Waals surface area (Å²) in [5.41, 5.74) is 0.368. The molecule has 1 aliphatic carbocycles. The molecule has 0 atom stereocenters. The molecule has 2 aliphatic rings. The van der Waals surface area contributed by atoms with Crippen LogP contribution in [0.1, 0.15) is 52.4 Å². The smallest absolute Gasteiger partial charge is 0.220 e. The van der Waals surface area contributed by atoms with E-state index in [4.69, 9.17) is 0 Å². The summed E-state index contributed by atoms with van der Waals surface area (Å²) in [6, 6.07) is 0. The quantitative estimate of drug-likeness (QED) is 0.464. The van der Waals surface area contributed by atoms with E-state index in [1.807, 2.05) is 7.05 Å². The summed E-state index contributed by atoms with van der Waals surface area (Å²) in [6.07, 6.45) is 6.94. The highest BCUT2D eigenvalue weighted by molar-refractivity contribution is 5.80. The van der Waals surface area contributed by atoms with Crippen molar-refractivity contribution in [1.29, 1.82) is 0 Å². The van der Waals surface area contributed by atoms with Crippen LogP contribution in [-0.2, 0) is 4.79 Å². The summed E-state index contributed by atoms with van der Waals surface area (Å²) in [5, 5.41) is 6.38. The minimum absolute atomic E-state index is 0.200. The molecule has 0 bridgehead atoms. The largest absolute Gasteiger partial charge is 0.354 e. The fourth-order valence-electron chi connectivity index (χ4n) is 3.55. The molecule has 5 nitrogen and oxygen atoms in total. The molecule has 0 aromatic rings. The Morgan fingerprint density at radius 2 is 1.91 bits per heavy atom. The lowest BCUT2D eigenvalue weighted by Gasteiger charge is -2.23. The molecule has 2 N–H and O–H groups in total. The van der Waals surface area contributed by atoms with Gasteiger partial charge in [0.05, 0.1) is 0 Å². The van der Waals surface area contributed by atoms with Gasteiger partial charge in [-0.2, -0.15) is 0 Å². The van der Waals surface area contributed by atoms with Crippen LogP contribution >= 0.6 is 0 Å². The Morgan fingerprint density at radius 3 is 2.50 bits per heavy atom. The molecule has 2 fully saturated rings. The summed E-state index contributed by atoms with van der Waals surface area (Å²) >= 11 is 0. The van der Waals surface area contributed by atoms with Gasteiger partial charge in [0.25, 0.3) is 0 Å². The molecule has 0 unspecified atom stereocenters. The fourth-order valence-corrected chi connectivity index (χ4v) is 3.55. The number of nitrogens with zero attached hydrogens (tertiary/aromatic N) is 2. The van der Waals surface area contributed by atoms with Gasteiger partial charge < -0.3 is 15.5 Å². The number of likely N-dealkylation sites (tertiary alicyclic amines) is 1. The molecule has 5 heteroatoms. The van der Waals surface area contributed by atoms with E-state index < -0.39 is 0 Å². The maximum Gasteiger partial charge on any atom is 0.220 e. The third-order valence-electron chi connectivity index (χ3n) is 4.87. The van der Waals surface area contributed by atoms with E-state index in [9.17, 15) is 4.79 Å². The first kappa shape index (κ1) is 17.1. The van der Waals surface area contributed by atoms with E-state index in [0.29, 0.717) is 24.3 Å². The van der Waals surface area contributed by atoms with Gasteiger partial charge in [-0.1, -0.05) is 26.7 Å². The normalized spacial score (nSPS) is 22.1. The van der Waals surface area contributed by atoms with E-state index in [2.05, 4.69) is 34.4 Å². The molecule has 22 heavy (non-hydrogen) atoms. The van der Waals surface area contributed by atoms with Crippen LogP contribution in [0.5, 0.6) is 0 Å². The second-order valence-electron chi connectivity index (χ2n) is 7.51. The molecule has 1 saturated heterocycles. The molecule has 1 amide bonds. The SMILES string of the molecule is CN=C(NCCNC(=O)CC1CCCC1)N1CCC(C)(C)C1. The minimum atomic E-state index is 0.200. The zero-order chi connectivity index (χ0) is 16.0. The average Bonchev–Trinajstić information content (AvgIpc) is 3.08. The van der Waals surface area contributed by atoms with Crippen molar-refractivity contribution in [2.45, 2.75) is 52.4 Å². The minimum Gasteiger partial charge on any atom is -0.354 e. The molecule has 1 saturated carbocycles. The molecule has 1 aliphatic heterocycles. The third kappa shape index (κ3) is 5.18. The predicted molar refractivity (Wildman–Crippen MR) is 90.9 cm³/mol. The Kier molecular flexibility index (Phi) is 6.09. The maximum atomic E-state index is 11.9. The summed E-state index contributed by atoms with van der Waals surface area (Å²) in [6.45, 7) is 8.09. The topological polar surface area (TPSA) is 56.7 Å². The van der Waals surface area contributed by atoms with Crippen LogP contribution in [0, 0.1) is 11.3 Å². The van der Waals surface area contributed by atoms with Gasteiger partial charge in [-0.15, -0.1) is 0 Å². The van der Waals surface area contributed by atoms with Crippen LogP contribution < -0.4 is 10.6 Å². The molecule has 1 heterocycles. The fraction of sp³-hybridized carbons (Fsp3) is 0.882. The lowest BCUT2D eigenvalue weighted by Crippen LogP contribution is -2.43. The van der Waals surface area contributed by atoms with E-state index in [0.717, 1.165) is 25.6 Å². The number of hydrogen-bond donors (Lipinski definition) is 2. The van der Waals surface area contributed by atoms with Gasteiger partial charge >= 0.3 is 0 Å². The second-order valence-corrected chi connectivity index (χ2v) is 7.51. The Labute approximate surface area is 134 Å². The Balaban J connectivity index is 1.61. The Morgan fingerprint density at radius 1 is 1.23 bits per heavy atom. The molecule has 0 aromatic heterocycles. The van der Waals surface area contributed by atoms with Crippen molar-refractivity contribution in [2.75, 3.05) is 33.2 Å². The van der Waals surface area contributed by atoms with Crippen molar-refractivity contribution in [3.8, 4) is 0 Å². The van der Waals surface area contributed by atoms with Gasteiger partial charge in [0.1, 0.15) is 0 Å². The van der Waals surface area contributed by atoms with E-state index in [1.54, 1.807) is 0 Å². The average molecular weight is 308 g/mol. The van der Waals surface area contributed by atoms with Gasteiger partial charge in [-0.05, 0) is 30.6 Å². The number of nitrogens with one attached hydrogen (secondary N) is 2. The zero-order valence-corrected chi connectivity index (χ0v) is 14.5. The summed E-state index contributed by atoms with van der Waals surface area (Å²) in [7, 11) is 1.83. The number of rotatable bonds is 5. The van der Waals surface area contributed by atoms with E-state index in [-0.39, 0.29) is 5.91 Å². The Hall–Kier alpha value is -1.26. The zero-order valence-electron chi connectivity index (χ0n) is 14.5. The highest BCUT2D eigenvalue weighted by Gasteiger charge is 2.30. The van der Waals surface area contributed by atoms with Gasteiger partial charge in [-0.3, -0.25) is 9.79 Å². The highest BCUT2D eigenvalue weighted by Crippen LogP contribution is 2.28. The number of hydrogen-bond acceptors (Lipinski definition) is 2. The van der Waals surface area contributed by atoms with Crippen LogP contribution in [-0.4, -0.2) is 50.0 Å². The standard InChI is InChI=1S/C17H32N4O/c1-17(2)8-11-21(13-17)16(18-3)20-10-9-19-15(22)12-14-6-4-5-7-14/h14H,4-13H2,1-3H3,(H,18,20)(H,19,22). The monoisotopic (exact) mass is 308 g/mol. The van der Waals surface area contributed by atoms with Gasteiger partial charge in [-0.25, -0.2) is 0 Å². The van der Waals surface area contributed by atoms with Crippen molar-refractivity contribution in [3.63, 3.8) is 0 Å². The van der Waals surface area contributed by atoms with Crippen LogP contribution in [0.25, 0.3) is 0 Å². The van der Waals surface area contributed by atoms with Crippen molar-refractivity contribution >= 4 is 11.9 Å². The maximum absolute atomic E-state index is 11.9. The Bertz CT molecular complexity index is 399. The predicted octanol–water partition coefficient (Wildman–Crippen LogP) is 1.99. The first-order valence-electron chi connectivity index (χ1n) is 8.72. The van der Waals surface area contributed by atoms with Gasteiger partial charge in [0.15, 0.2) is 5.96 Å². The van der Waals surface area contributed by atoms with E-state index >= 15 is 0 Å². The first-order valence-corrected chi connectivity index (χ1v) is 8.72. The third-order valence-corrected chi connectivity index (χ3v) is 4.87. The molecule has 0 aromatic carbocycles. The van der Waals surface area contributed by atoms with Crippen molar-refractivity contribution in [1.82, 2.24) is 15.5 Å². The van der Waals surface area contributed by atoms with E-state index in [1.165, 1.54) is 32.1 Å². The summed E-state index contributed by atoms with van der Waals surface area (Å²) in [5.74, 6) is 1.77. The lowest BCUT2D eigenvalue weighted by molar-refractivity contribution is -0.121. The van der Waals surface area contributed by atoms with Crippen LogP contribution in [0.2, 0.25) is 0 Å². The van der Waals surface area contributed by atoms with Crippen LogP contribution in [0.4, 0.5) is 0 Å². The molecular formula is C17H32N4O. The van der Waals surface area contributed by atoms with Crippen molar-refractivity contribution < 1.29 is 4.79 Å². The van der Waals surface area contributed by atoms with Gasteiger partial charge in [0.2, 0.25) is 5.91 Å². The number of carbonyl (C=O) groups is 1. The highest BCUT2D eigenvalue weighted by atomic mass is 16.1. The van der Waals surface area contributed by atoms with Crippen LogP contribution in [0.15, 0.2) is 4.99 Å². The second kappa shape index (κ2) is 7.84. The summed E-state index contributed by atoms with van der Waals surface area (Å²) in [4.78, 5) is 18.5. The number of carbonyl (C=O) groups excluding carboxylic acids is 1. The molecule has 0 radical (unpaired) electrons. The van der Waals surface area contributed by atoms with Crippen molar-refractivity contribution in [2.24, 2.45) is 16.3 Å². The van der Waals surface area contributed by atoms with Crippen LogP contribution in [0.3, 0.4) is 0 Å². The number of guanidine groups is 1. The number of aliphatic imine (C=N–C) groups is 1. The lowest BCUT2D eigenvalue weighted by atomic mass is 9.93.